The minimum atomic E-state index is -4.80. The van der Waals surface area contributed by atoms with Gasteiger partial charge in [-0.05, 0) is 44.4 Å². The van der Waals surface area contributed by atoms with E-state index in [2.05, 4.69) is 37.4 Å². The smallest absolute Gasteiger partial charge is 0.462 e. The Bertz CT molecular complexity index is 863. The molecule has 1 unspecified atom stereocenters. The topological polar surface area (TPSA) is 140 Å². The first-order valence-electron chi connectivity index (χ1n) is 17.2. The van der Waals surface area contributed by atoms with Gasteiger partial charge in [0, 0.05) is 12.8 Å². The van der Waals surface area contributed by atoms with E-state index in [4.69, 9.17) is 19.3 Å². The minimum absolute atomic E-state index is 0.0122. The molecule has 0 aromatic heterocycles. The number of hydrogen-bond donors (Lipinski definition) is 3. The Labute approximate surface area is 273 Å². The van der Waals surface area contributed by atoms with Gasteiger partial charge in [0.2, 0.25) is 0 Å². The molecule has 0 saturated heterocycles. The van der Waals surface area contributed by atoms with Crippen LogP contribution in [0.4, 0.5) is 0 Å². The number of hydrogen-bond acceptors (Lipinski definition) is 7. The third-order valence-corrected chi connectivity index (χ3v) is 7.68. The number of esters is 2. The van der Waals surface area contributed by atoms with Crippen LogP contribution >= 0.6 is 7.82 Å². The molecule has 0 saturated carbocycles. The van der Waals surface area contributed by atoms with E-state index in [-0.39, 0.29) is 19.4 Å². The van der Waals surface area contributed by atoms with E-state index in [1.165, 1.54) is 57.8 Å². The number of unbranched alkanes of at least 4 members (excludes halogenated alkanes) is 11. The van der Waals surface area contributed by atoms with Gasteiger partial charge in [0.1, 0.15) is 6.61 Å². The molecule has 0 spiro atoms. The van der Waals surface area contributed by atoms with Gasteiger partial charge in [-0.3, -0.25) is 14.1 Å². The molecule has 0 aromatic carbocycles. The van der Waals surface area contributed by atoms with Gasteiger partial charge in [0.05, 0.1) is 12.7 Å². The first kappa shape index (κ1) is 43.2. The first-order chi connectivity index (χ1) is 21.5. The van der Waals surface area contributed by atoms with Gasteiger partial charge in [-0.1, -0.05) is 128 Å². The highest BCUT2D eigenvalue weighted by Gasteiger charge is 2.23. The molecule has 2 atom stereocenters. The fourth-order valence-corrected chi connectivity index (χ4v) is 4.93. The molecule has 10 heteroatoms. The maximum atomic E-state index is 12.3. The van der Waals surface area contributed by atoms with Gasteiger partial charge in [0.15, 0.2) is 6.10 Å². The van der Waals surface area contributed by atoms with Crippen molar-refractivity contribution in [3.05, 3.63) is 36.5 Å². The standard InChI is InChI=1S/C35H63O9P/c1-4-5-6-7-8-9-10-11-12-13-14-18-21-25-32(36)26-23-28-35(38)44-33(30-43-45(39,40)41)29-42-34(37)27-22-19-16-15-17-20-24-31(2)3/h11-12,14,18,21,25,31-33,36H,4-10,13,15-17,19-20,22-24,26-30H2,1-3H3,(H2,39,40,41)/b12-11+,18-14+,25-21+/t32?,33-/m1/s1. The molecule has 0 aliphatic carbocycles. The van der Waals surface area contributed by atoms with Crippen LogP contribution in [0.25, 0.3) is 0 Å². The molecule has 0 aliphatic heterocycles. The Morgan fingerprint density at radius 1 is 0.733 bits per heavy atom. The summed E-state index contributed by atoms with van der Waals surface area (Å²) in [6.45, 7) is 5.71. The summed E-state index contributed by atoms with van der Waals surface area (Å²) >= 11 is 0. The maximum absolute atomic E-state index is 12.3. The third-order valence-electron chi connectivity index (χ3n) is 7.19. The van der Waals surface area contributed by atoms with Crippen LogP contribution in [0.15, 0.2) is 36.5 Å². The van der Waals surface area contributed by atoms with E-state index in [1.54, 1.807) is 12.2 Å². The Hall–Kier alpha value is -1.77. The molecular weight excluding hydrogens is 595 g/mol. The Balaban J connectivity index is 4.23. The summed E-state index contributed by atoms with van der Waals surface area (Å²) in [7, 11) is -4.80. The molecule has 0 aromatic rings. The molecule has 0 rings (SSSR count). The summed E-state index contributed by atoms with van der Waals surface area (Å²) in [5.41, 5.74) is 0. The first-order valence-corrected chi connectivity index (χ1v) is 18.8. The Kier molecular flexibility index (Phi) is 28.5. The van der Waals surface area contributed by atoms with Gasteiger partial charge < -0.3 is 24.4 Å². The van der Waals surface area contributed by atoms with Gasteiger partial charge in [-0.25, -0.2) is 4.57 Å². The van der Waals surface area contributed by atoms with Crippen molar-refractivity contribution in [2.24, 2.45) is 5.92 Å². The van der Waals surface area contributed by atoms with E-state index >= 15 is 0 Å². The number of carbonyl (C=O) groups excluding carboxylic acids is 2. The summed E-state index contributed by atoms with van der Waals surface area (Å²) in [5, 5.41) is 10.2. The summed E-state index contributed by atoms with van der Waals surface area (Å²) in [4.78, 5) is 42.5. The monoisotopic (exact) mass is 658 g/mol. The fourth-order valence-electron chi connectivity index (χ4n) is 4.56. The zero-order valence-electron chi connectivity index (χ0n) is 28.3. The fraction of sp³-hybridized carbons (Fsp3) is 0.771. The van der Waals surface area contributed by atoms with Crippen molar-refractivity contribution in [2.45, 2.75) is 155 Å². The number of rotatable bonds is 30. The normalized spacial score (nSPS) is 13.8. The Morgan fingerprint density at radius 3 is 2.07 bits per heavy atom. The van der Waals surface area contributed by atoms with Gasteiger partial charge in [0.25, 0.3) is 0 Å². The van der Waals surface area contributed by atoms with Crippen LogP contribution < -0.4 is 0 Å². The summed E-state index contributed by atoms with van der Waals surface area (Å²) in [5.74, 6) is -0.369. The van der Waals surface area contributed by atoms with Crippen molar-refractivity contribution in [2.75, 3.05) is 13.2 Å². The van der Waals surface area contributed by atoms with Crippen molar-refractivity contribution >= 4 is 19.8 Å². The van der Waals surface area contributed by atoms with Crippen molar-refractivity contribution in [3.8, 4) is 0 Å². The van der Waals surface area contributed by atoms with Crippen LogP contribution in [-0.2, 0) is 28.2 Å². The summed E-state index contributed by atoms with van der Waals surface area (Å²) in [6.07, 6.45) is 27.9. The van der Waals surface area contributed by atoms with E-state index < -0.39 is 38.6 Å². The van der Waals surface area contributed by atoms with Crippen molar-refractivity contribution < 1.29 is 43.0 Å². The van der Waals surface area contributed by atoms with Gasteiger partial charge >= 0.3 is 19.8 Å². The number of carbonyl (C=O) groups is 2. The number of aliphatic hydroxyl groups is 1. The summed E-state index contributed by atoms with van der Waals surface area (Å²) < 4.78 is 26.0. The highest BCUT2D eigenvalue weighted by Crippen LogP contribution is 2.36. The number of ether oxygens (including phenoxy) is 2. The highest BCUT2D eigenvalue weighted by atomic mass is 31.2. The predicted molar refractivity (Wildman–Crippen MR) is 180 cm³/mol. The lowest BCUT2D eigenvalue weighted by atomic mass is 10.0. The van der Waals surface area contributed by atoms with Crippen LogP contribution in [0.5, 0.6) is 0 Å². The molecule has 0 bridgehead atoms. The third kappa shape index (κ3) is 33.4. The molecule has 45 heavy (non-hydrogen) atoms. The average molecular weight is 659 g/mol. The van der Waals surface area contributed by atoms with Crippen molar-refractivity contribution in [1.29, 1.82) is 0 Å². The SMILES string of the molecule is CCCCCCCC/C=C/C/C=C/C=C/C(O)CCCC(=O)O[C@H](COC(=O)CCCCCCCCC(C)C)COP(=O)(O)O. The number of phosphoric acid groups is 1. The van der Waals surface area contributed by atoms with Crippen LogP contribution in [0.3, 0.4) is 0 Å². The number of aliphatic hydroxyl groups excluding tert-OH is 1. The second kappa shape index (κ2) is 29.6. The summed E-state index contributed by atoms with van der Waals surface area (Å²) in [6, 6.07) is 0. The highest BCUT2D eigenvalue weighted by molar-refractivity contribution is 7.46. The van der Waals surface area contributed by atoms with E-state index in [0.29, 0.717) is 19.3 Å². The van der Waals surface area contributed by atoms with E-state index in [1.807, 2.05) is 12.2 Å². The van der Waals surface area contributed by atoms with Crippen LogP contribution in [0.2, 0.25) is 0 Å². The molecule has 3 N–H and O–H groups in total. The minimum Gasteiger partial charge on any atom is -0.462 e. The Morgan fingerprint density at radius 2 is 1.38 bits per heavy atom. The largest absolute Gasteiger partial charge is 0.469 e. The van der Waals surface area contributed by atoms with E-state index in [0.717, 1.165) is 38.0 Å². The lowest BCUT2D eigenvalue weighted by Crippen LogP contribution is -2.29. The van der Waals surface area contributed by atoms with Crippen molar-refractivity contribution in [3.63, 3.8) is 0 Å². The molecule has 0 amide bonds. The second-order valence-corrected chi connectivity index (χ2v) is 13.4. The maximum Gasteiger partial charge on any atom is 0.469 e. The van der Waals surface area contributed by atoms with Crippen molar-refractivity contribution in [1.82, 2.24) is 0 Å². The molecule has 262 valence electrons. The molecule has 0 aliphatic rings. The predicted octanol–water partition coefficient (Wildman–Crippen LogP) is 8.67. The average Bonchev–Trinajstić information content (AvgIpc) is 2.97. The number of allylic oxidation sites excluding steroid dienone is 5. The number of phosphoric ester groups is 1. The van der Waals surface area contributed by atoms with E-state index in [9.17, 15) is 19.3 Å². The molecule has 0 fully saturated rings. The molecular formula is C35H63O9P. The zero-order chi connectivity index (χ0) is 33.6. The molecule has 0 radical (unpaired) electrons. The second-order valence-electron chi connectivity index (χ2n) is 12.2. The van der Waals surface area contributed by atoms with Gasteiger partial charge in [-0.2, -0.15) is 0 Å². The molecule has 9 nitrogen and oxygen atoms in total. The lowest BCUT2D eigenvalue weighted by molar-refractivity contribution is -0.161. The zero-order valence-corrected chi connectivity index (χ0v) is 29.2. The quantitative estimate of drug-likeness (QED) is 0.0227. The van der Waals surface area contributed by atoms with Gasteiger partial charge in [-0.15, -0.1) is 0 Å². The lowest BCUT2D eigenvalue weighted by Gasteiger charge is -2.18. The van der Waals surface area contributed by atoms with Crippen LogP contribution in [0.1, 0.15) is 143 Å². The molecule has 0 heterocycles. The van der Waals surface area contributed by atoms with Crippen LogP contribution in [0, 0.1) is 5.92 Å². The van der Waals surface area contributed by atoms with Crippen LogP contribution in [-0.4, -0.2) is 52.3 Å².